The fraction of sp³-hybridized carbons (Fsp3) is 1.00. The molecule has 116 valence electrons. The Morgan fingerprint density at radius 2 is 1.62 bits per heavy atom. The molecule has 0 N–H and O–H groups in total. The predicted octanol–water partition coefficient (Wildman–Crippen LogP) is 5.38. The number of rotatable bonds is 0. The number of hydrogen-bond donors (Lipinski definition) is 0. The Morgan fingerprint density at radius 1 is 0.857 bits per heavy atom. The van der Waals surface area contributed by atoms with Crippen LogP contribution in [0.25, 0.3) is 0 Å². The predicted molar refractivity (Wildman–Crippen MR) is 85.6 cm³/mol. The Balaban J connectivity index is 1.70. The first-order valence-electron chi connectivity index (χ1n) is 9.81. The lowest BCUT2D eigenvalue weighted by molar-refractivity contribution is -0.388. The Kier molecular flexibility index (Phi) is 1.71. The highest BCUT2D eigenvalue weighted by Crippen LogP contribution is 2.92. The summed E-state index contributed by atoms with van der Waals surface area (Å²) in [4.78, 5) is 0. The minimum absolute atomic E-state index is 0.691. The Labute approximate surface area is 130 Å². The third-order valence-electron chi connectivity index (χ3n) is 11.9. The van der Waals surface area contributed by atoms with Crippen LogP contribution in [0.2, 0.25) is 0 Å². The van der Waals surface area contributed by atoms with Gasteiger partial charge in [0.05, 0.1) is 0 Å². The molecule has 8 fully saturated rings. The van der Waals surface area contributed by atoms with Crippen molar-refractivity contribution in [3.05, 3.63) is 0 Å². The summed E-state index contributed by atoms with van der Waals surface area (Å²) in [6.07, 6.45) is 7.97. The molecule has 9 bridgehead atoms. The highest BCUT2D eigenvalue weighted by Gasteiger charge is 2.86. The average Bonchev–Trinajstić information content (AvgIpc) is 2.69. The molecule has 0 nitrogen and oxygen atoms in total. The summed E-state index contributed by atoms with van der Waals surface area (Å²) in [6, 6.07) is 0. The van der Waals surface area contributed by atoms with E-state index in [1.807, 2.05) is 0 Å². The molecule has 0 aromatic heterocycles. The van der Waals surface area contributed by atoms with E-state index in [1.165, 1.54) is 0 Å². The van der Waals surface area contributed by atoms with Crippen molar-refractivity contribution in [2.24, 2.45) is 63.1 Å². The molecule has 8 rings (SSSR count). The van der Waals surface area contributed by atoms with Crippen molar-refractivity contribution in [3.63, 3.8) is 0 Å². The van der Waals surface area contributed by atoms with E-state index in [2.05, 4.69) is 34.6 Å². The topological polar surface area (TPSA) is 0 Å². The van der Waals surface area contributed by atoms with Crippen LogP contribution in [-0.2, 0) is 0 Å². The summed E-state index contributed by atoms with van der Waals surface area (Å²) in [5.74, 6) is 7.41. The van der Waals surface area contributed by atoms with Gasteiger partial charge >= 0.3 is 0 Å². The molecule has 0 radical (unpaired) electrons. The van der Waals surface area contributed by atoms with Crippen molar-refractivity contribution in [1.82, 2.24) is 0 Å². The molecule has 0 aromatic rings. The molecule has 0 saturated heterocycles. The minimum Gasteiger partial charge on any atom is -0.0617 e. The maximum absolute atomic E-state index is 2.78. The first-order valence-corrected chi connectivity index (χ1v) is 9.81. The second-order valence-corrected chi connectivity index (χ2v) is 11.1. The summed E-state index contributed by atoms with van der Waals surface area (Å²) in [5.41, 5.74) is 2.87. The van der Waals surface area contributed by atoms with Gasteiger partial charge in [0.2, 0.25) is 0 Å². The number of hydrogen-bond acceptors (Lipinski definition) is 0. The molecular formula is C21H32. The first kappa shape index (κ1) is 12.4. The molecule has 11 atom stereocenters. The first-order chi connectivity index (χ1) is 9.81. The molecule has 0 heteroatoms. The summed E-state index contributed by atoms with van der Waals surface area (Å²) < 4.78 is 0. The van der Waals surface area contributed by atoms with E-state index in [9.17, 15) is 0 Å². The van der Waals surface area contributed by atoms with Crippen LogP contribution >= 0.6 is 0 Å². The normalized spacial score (nSPS) is 79.0. The fourth-order valence-corrected chi connectivity index (χ4v) is 10.9. The Bertz CT molecular complexity index is 564. The monoisotopic (exact) mass is 284 g/mol. The van der Waals surface area contributed by atoms with Gasteiger partial charge in [-0.3, -0.25) is 0 Å². The van der Waals surface area contributed by atoms with E-state index in [0.717, 1.165) is 46.8 Å². The van der Waals surface area contributed by atoms with E-state index >= 15 is 0 Å². The van der Waals surface area contributed by atoms with E-state index in [4.69, 9.17) is 0 Å². The van der Waals surface area contributed by atoms with Gasteiger partial charge in [-0.1, -0.05) is 34.6 Å². The SMILES string of the molecule is CC1C2CCC13CC1C(C)C4(C)C5CC4(C)C(C3)C1(C)C25. The van der Waals surface area contributed by atoms with E-state index in [0.29, 0.717) is 16.2 Å². The molecule has 21 heavy (non-hydrogen) atoms. The highest BCUT2D eigenvalue weighted by atomic mass is 14.9. The van der Waals surface area contributed by atoms with Crippen molar-refractivity contribution in [1.29, 1.82) is 0 Å². The molecule has 11 unspecified atom stereocenters. The summed E-state index contributed by atoms with van der Waals surface area (Å²) >= 11 is 0. The van der Waals surface area contributed by atoms with Crippen LogP contribution in [0.15, 0.2) is 0 Å². The van der Waals surface area contributed by atoms with Crippen LogP contribution in [0.3, 0.4) is 0 Å². The van der Waals surface area contributed by atoms with Gasteiger partial charge in [-0.25, -0.2) is 0 Å². The van der Waals surface area contributed by atoms with Gasteiger partial charge in [0, 0.05) is 0 Å². The molecule has 8 saturated carbocycles. The van der Waals surface area contributed by atoms with E-state index in [-0.39, 0.29) is 0 Å². The highest BCUT2D eigenvalue weighted by molar-refractivity contribution is 5.33. The molecule has 0 aliphatic heterocycles. The lowest BCUT2D eigenvalue weighted by atomic mass is 9.18. The minimum atomic E-state index is 0.691. The summed E-state index contributed by atoms with van der Waals surface area (Å²) in [7, 11) is 0. The van der Waals surface area contributed by atoms with Crippen molar-refractivity contribution < 1.29 is 0 Å². The van der Waals surface area contributed by atoms with Gasteiger partial charge in [0.25, 0.3) is 0 Å². The standard InChI is InChI=1S/C21H32/c1-11-13-6-7-21(11)9-14-12(2)20(5)15-8-18(20,3)16(10-21)19(14,4)17(13)15/h11-17H,6-10H2,1-5H3. The van der Waals surface area contributed by atoms with Crippen LogP contribution < -0.4 is 0 Å². The van der Waals surface area contributed by atoms with Crippen LogP contribution in [0.5, 0.6) is 0 Å². The zero-order chi connectivity index (χ0) is 14.6. The zero-order valence-corrected chi connectivity index (χ0v) is 14.6. The van der Waals surface area contributed by atoms with Crippen molar-refractivity contribution in [3.8, 4) is 0 Å². The second-order valence-electron chi connectivity index (χ2n) is 11.1. The molecule has 0 heterocycles. The van der Waals surface area contributed by atoms with Gasteiger partial charge < -0.3 is 0 Å². The summed E-state index contributed by atoms with van der Waals surface area (Å²) in [5, 5.41) is 0. The van der Waals surface area contributed by atoms with Gasteiger partial charge in [0.1, 0.15) is 0 Å². The van der Waals surface area contributed by atoms with Crippen LogP contribution in [0.4, 0.5) is 0 Å². The van der Waals surface area contributed by atoms with Gasteiger partial charge in [0.15, 0.2) is 0 Å². The van der Waals surface area contributed by atoms with E-state index < -0.39 is 0 Å². The maximum atomic E-state index is 2.78. The van der Waals surface area contributed by atoms with Crippen LogP contribution in [0.1, 0.15) is 66.7 Å². The van der Waals surface area contributed by atoms with Crippen molar-refractivity contribution in [2.75, 3.05) is 0 Å². The third-order valence-corrected chi connectivity index (χ3v) is 11.9. The lowest BCUT2D eigenvalue weighted by Gasteiger charge is -2.86. The molecule has 8 aliphatic rings. The lowest BCUT2D eigenvalue weighted by Crippen LogP contribution is -2.81. The Hall–Kier alpha value is 0. The van der Waals surface area contributed by atoms with Crippen molar-refractivity contribution in [2.45, 2.75) is 66.7 Å². The molecular weight excluding hydrogens is 252 g/mol. The quantitative estimate of drug-likeness (QED) is 0.560. The van der Waals surface area contributed by atoms with Gasteiger partial charge in [-0.2, -0.15) is 0 Å². The fourth-order valence-electron chi connectivity index (χ4n) is 10.9. The third kappa shape index (κ3) is 0.837. The smallest absolute Gasteiger partial charge is 0.0209 e. The maximum Gasteiger partial charge on any atom is -0.0209 e. The van der Waals surface area contributed by atoms with E-state index in [1.54, 1.807) is 32.1 Å². The van der Waals surface area contributed by atoms with Gasteiger partial charge in [-0.05, 0) is 95.2 Å². The molecule has 0 aromatic carbocycles. The van der Waals surface area contributed by atoms with Crippen LogP contribution in [0, 0.1) is 63.1 Å². The average molecular weight is 284 g/mol. The molecule has 0 amide bonds. The molecule has 8 aliphatic carbocycles. The largest absolute Gasteiger partial charge is 0.0617 e. The summed E-state index contributed by atoms with van der Waals surface area (Å²) in [6.45, 7) is 13.6. The molecule has 1 spiro atoms. The second kappa shape index (κ2) is 2.89. The van der Waals surface area contributed by atoms with Crippen molar-refractivity contribution >= 4 is 0 Å². The zero-order valence-electron chi connectivity index (χ0n) is 14.6. The Morgan fingerprint density at radius 3 is 2.38 bits per heavy atom. The van der Waals surface area contributed by atoms with Crippen LogP contribution in [-0.4, -0.2) is 0 Å². The van der Waals surface area contributed by atoms with Gasteiger partial charge in [-0.15, -0.1) is 0 Å².